The first-order valence-corrected chi connectivity index (χ1v) is 21.9. The predicted octanol–water partition coefficient (Wildman–Crippen LogP) is 4.01. The number of nitrogens with zero attached hydrogens (tertiary/aromatic N) is 5. The molecule has 3 aliphatic heterocycles. The first-order valence-electron chi connectivity index (χ1n) is 21.5. The van der Waals surface area contributed by atoms with Crippen LogP contribution in [-0.2, 0) is 16.1 Å². The Morgan fingerprint density at radius 2 is 1.69 bits per heavy atom. The van der Waals surface area contributed by atoms with Gasteiger partial charge in [-0.25, -0.2) is 9.78 Å². The van der Waals surface area contributed by atoms with E-state index in [0.29, 0.717) is 67.7 Å². The molecule has 2 unspecified atom stereocenters. The molecule has 6 amide bonds. The Morgan fingerprint density at radius 1 is 0.938 bits per heavy atom. The van der Waals surface area contributed by atoms with Crippen LogP contribution in [0.15, 0.2) is 72.9 Å². The highest BCUT2D eigenvalue weighted by Crippen LogP contribution is 2.30. The maximum atomic E-state index is 13.2. The summed E-state index contributed by atoms with van der Waals surface area (Å²) >= 11 is 6.35. The number of rotatable bonds is 12. The number of carbonyl (C=O) groups is 5. The lowest BCUT2D eigenvalue weighted by Gasteiger charge is -2.37. The van der Waals surface area contributed by atoms with Gasteiger partial charge in [-0.2, -0.15) is 4.98 Å². The third-order valence-electron chi connectivity index (χ3n) is 12.0. The van der Waals surface area contributed by atoms with Gasteiger partial charge in [-0.3, -0.25) is 24.5 Å². The number of aliphatic hydroxyl groups is 1. The normalized spacial score (nSPS) is 20.1. The molecule has 1 aromatic heterocycles. The van der Waals surface area contributed by atoms with Gasteiger partial charge in [-0.15, -0.1) is 0 Å². The number of aromatic nitrogens is 2. The fourth-order valence-corrected chi connectivity index (χ4v) is 8.65. The molecule has 1 saturated carbocycles. The zero-order valence-corrected chi connectivity index (χ0v) is 35.9. The third kappa shape index (κ3) is 10.5. The smallest absolute Gasteiger partial charge is 0.317 e. The van der Waals surface area contributed by atoms with Crippen molar-refractivity contribution in [2.45, 2.75) is 75.7 Å². The Bertz CT molecular complexity index is 2480. The minimum absolute atomic E-state index is 0.0406. The average Bonchev–Trinajstić information content (AvgIpc) is 3.62. The summed E-state index contributed by atoms with van der Waals surface area (Å²) in [5, 5.41) is 26.2. The quantitative estimate of drug-likeness (QED) is 0.0792. The van der Waals surface area contributed by atoms with Crippen LogP contribution in [0.1, 0.15) is 76.8 Å². The monoisotopic (exact) mass is 887 g/mol. The fraction of sp³-hybridized carbons (Fsp3) is 0.370. The zero-order chi connectivity index (χ0) is 44.7. The van der Waals surface area contributed by atoms with E-state index >= 15 is 0 Å². The van der Waals surface area contributed by atoms with E-state index < -0.39 is 24.0 Å². The first-order chi connectivity index (χ1) is 31.0. The van der Waals surface area contributed by atoms with Crippen molar-refractivity contribution in [3.63, 3.8) is 0 Å². The van der Waals surface area contributed by atoms with Gasteiger partial charge in [0.05, 0.1) is 23.6 Å². The molecule has 8 rings (SSSR count). The number of amides is 6. The second-order valence-corrected chi connectivity index (χ2v) is 16.8. The molecule has 18 heteroatoms. The average molecular weight is 888 g/mol. The zero-order valence-electron chi connectivity index (χ0n) is 35.1. The molecular weight excluding hydrogens is 838 g/mol. The van der Waals surface area contributed by atoms with Crippen molar-refractivity contribution < 1.29 is 29.1 Å². The Hall–Kier alpha value is -6.74. The molecule has 1 aliphatic carbocycles. The van der Waals surface area contributed by atoms with E-state index in [1.54, 1.807) is 36.4 Å². The predicted molar refractivity (Wildman–Crippen MR) is 241 cm³/mol. The number of anilines is 5. The van der Waals surface area contributed by atoms with Gasteiger partial charge < -0.3 is 46.8 Å². The number of piperazine rings is 1. The number of para-hydroxylation sites is 1. The van der Waals surface area contributed by atoms with Crippen molar-refractivity contribution in [2.24, 2.45) is 5.73 Å². The number of benzene rings is 3. The highest BCUT2D eigenvalue weighted by Gasteiger charge is 2.39. The number of hydrogen-bond donors (Lipinski definition) is 7. The Kier molecular flexibility index (Phi) is 13.5. The maximum Gasteiger partial charge on any atom is 0.317 e. The Morgan fingerprint density at radius 3 is 2.44 bits per heavy atom. The van der Waals surface area contributed by atoms with Crippen LogP contribution in [-0.4, -0.2) is 111 Å². The van der Waals surface area contributed by atoms with Crippen LogP contribution in [0.4, 0.5) is 33.6 Å². The van der Waals surface area contributed by atoms with E-state index in [2.05, 4.69) is 53.3 Å². The number of carbonyl (C=O) groups excluding carboxylic acids is 5. The van der Waals surface area contributed by atoms with Crippen LogP contribution in [0.5, 0.6) is 0 Å². The van der Waals surface area contributed by atoms with Gasteiger partial charge in [0, 0.05) is 86.7 Å². The summed E-state index contributed by atoms with van der Waals surface area (Å²) in [5.41, 5.74) is 10.2. The van der Waals surface area contributed by atoms with Crippen molar-refractivity contribution >= 4 is 70.1 Å². The summed E-state index contributed by atoms with van der Waals surface area (Å²) in [6.45, 7) is 3.30. The number of aliphatic hydroxyl groups excluding tert-OH is 1. The number of nitrogens with one attached hydrogen (secondary N) is 5. The number of fused-ring (bicyclic) bond motifs is 1. The summed E-state index contributed by atoms with van der Waals surface area (Å²) in [7, 11) is 0. The van der Waals surface area contributed by atoms with Crippen LogP contribution in [0.2, 0.25) is 5.02 Å². The molecule has 332 valence electrons. The molecule has 4 aromatic rings. The number of primary amides is 1. The van der Waals surface area contributed by atoms with Crippen LogP contribution in [0.25, 0.3) is 0 Å². The van der Waals surface area contributed by atoms with E-state index in [9.17, 15) is 29.1 Å². The summed E-state index contributed by atoms with van der Waals surface area (Å²) in [4.78, 5) is 76.4. The van der Waals surface area contributed by atoms with E-state index in [1.807, 2.05) is 35.2 Å². The molecule has 4 aliphatic rings. The van der Waals surface area contributed by atoms with Crippen LogP contribution < -0.4 is 37.2 Å². The Balaban J connectivity index is 0.721. The lowest BCUT2D eigenvalue weighted by Crippen LogP contribution is -2.54. The highest BCUT2D eigenvalue weighted by molar-refractivity contribution is 6.33. The first kappa shape index (κ1) is 43.9. The second kappa shape index (κ2) is 19.8. The van der Waals surface area contributed by atoms with Gasteiger partial charge in [-0.05, 0) is 92.3 Å². The third-order valence-corrected chi connectivity index (χ3v) is 12.3. The number of hydrogen-bond acceptors (Lipinski definition) is 12. The van der Waals surface area contributed by atoms with Crippen molar-refractivity contribution in [1.29, 1.82) is 0 Å². The van der Waals surface area contributed by atoms with Gasteiger partial charge in [0.2, 0.25) is 17.8 Å². The van der Waals surface area contributed by atoms with Gasteiger partial charge >= 0.3 is 6.03 Å². The van der Waals surface area contributed by atoms with Gasteiger partial charge in [0.15, 0.2) is 5.82 Å². The molecule has 0 spiro atoms. The summed E-state index contributed by atoms with van der Waals surface area (Å²) in [6.07, 6.45) is 5.10. The molecule has 0 bridgehead atoms. The van der Waals surface area contributed by atoms with Crippen LogP contribution >= 0.6 is 11.6 Å². The summed E-state index contributed by atoms with van der Waals surface area (Å²) in [6, 6.07) is 19.7. The fourth-order valence-electron chi connectivity index (χ4n) is 8.51. The van der Waals surface area contributed by atoms with E-state index in [1.165, 1.54) is 11.1 Å². The lowest BCUT2D eigenvalue weighted by molar-refractivity contribution is -0.136. The number of piperidine rings is 1. The Labute approximate surface area is 375 Å². The van der Waals surface area contributed by atoms with E-state index in [0.717, 1.165) is 48.2 Å². The van der Waals surface area contributed by atoms with Crippen molar-refractivity contribution in [1.82, 2.24) is 35.7 Å². The SMILES string of the molecule is NC(=O)c1ccccc1Nc1nc(Nc2ccc(N3CCN(C(=O)N[C@H]4CC[C@@H](NCC(O)CC#Cc5ccc6c(c5)CN(C5CCC(=O)NC5=O)C6=O)CC4)CC3)cc2)ncc1Cl. The summed E-state index contributed by atoms with van der Waals surface area (Å²) in [5.74, 6) is 5.23. The molecule has 3 aromatic carbocycles. The largest absolute Gasteiger partial charge is 0.391 e. The standard InChI is InChI=1S/C46H50ClN11O6/c47-37-26-50-45(55-42(37)53-38-7-2-1-6-36(38)41(48)61)51-31-13-15-33(16-14-31)56-20-22-57(23-21-56)46(64)52-32-11-9-30(10-12-32)49-25-34(59)5-3-4-28-8-17-35-29(24-28)27-58(44(35)63)39-18-19-40(60)54-43(39)62/h1-2,6-8,13-17,24,26,30,32,34,39,49,59H,5,9-12,18-23,25,27H2,(H2,48,61)(H,52,64)(H,54,60,62)(H2,50,51,53,55)/t30-,32+,34?,39?. The molecule has 2 saturated heterocycles. The number of nitrogens with two attached hydrogens (primary N) is 1. The topological polar surface area (TPSA) is 227 Å². The van der Waals surface area contributed by atoms with Gasteiger partial charge in [0.1, 0.15) is 11.1 Å². The van der Waals surface area contributed by atoms with E-state index in [-0.39, 0.29) is 54.3 Å². The molecule has 17 nitrogen and oxygen atoms in total. The van der Waals surface area contributed by atoms with Crippen LogP contribution in [0.3, 0.4) is 0 Å². The van der Waals surface area contributed by atoms with Crippen LogP contribution in [0, 0.1) is 11.8 Å². The number of halogens is 1. The second-order valence-electron chi connectivity index (χ2n) is 16.4. The maximum absolute atomic E-state index is 13.2. The molecule has 64 heavy (non-hydrogen) atoms. The number of urea groups is 1. The molecular formula is C46H50ClN11O6. The van der Waals surface area contributed by atoms with Crippen molar-refractivity contribution in [3.05, 3.63) is 100 Å². The van der Waals surface area contributed by atoms with Crippen molar-refractivity contribution in [3.8, 4) is 11.8 Å². The van der Waals surface area contributed by atoms with E-state index in [4.69, 9.17) is 17.3 Å². The number of imide groups is 1. The summed E-state index contributed by atoms with van der Waals surface area (Å²) < 4.78 is 0. The molecule has 4 heterocycles. The van der Waals surface area contributed by atoms with Gasteiger partial charge in [0.25, 0.3) is 11.8 Å². The minimum Gasteiger partial charge on any atom is -0.391 e. The molecule has 2 atom stereocenters. The minimum atomic E-state index is -0.664. The molecule has 8 N–H and O–H groups in total. The molecule has 3 fully saturated rings. The highest BCUT2D eigenvalue weighted by atomic mass is 35.5. The van der Waals surface area contributed by atoms with Crippen molar-refractivity contribution in [2.75, 3.05) is 48.3 Å². The van der Waals surface area contributed by atoms with Gasteiger partial charge in [-0.1, -0.05) is 35.6 Å². The lowest BCUT2D eigenvalue weighted by atomic mass is 9.91. The molecule has 0 radical (unpaired) electrons.